The van der Waals surface area contributed by atoms with Crippen molar-refractivity contribution in [3.05, 3.63) is 59.4 Å². The van der Waals surface area contributed by atoms with Gasteiger partial charge in [0.05, 0.1) is 12.7 Å². The lowest BCUT2D eigenvalue weighted by molar-refractivity contribution is -0.133. The van der Waals surface area contributed by atoms with Gasteiger partial charge >= 0.3 is 5.97 Å². The molecule has 8 nitrogen and oxygen atoms in total. The molecule has 9 heteroatoms. The van der Waals surface area contributed by atoms with E-state index in [1.165, 1.54) is 42.3 Å². The predicted octanol–water partition coefficient (Wildman–Crippen LogP) is 1.51. The summed E-state index contributed by atoms with van der Waals surface area (Å²) in [6.07, 6.45) is 0. The molecule has 0 aromatic heterocycles. The number of amides is 2. The minimum atomic E-state index is -0.728. The van der Waals surface area contributed by atoms with Crippen LogP contribution < -0.4 is 15.2 Å². The number of hydrogen-bond donors (Lipinski definition) is 1. The van der Waals surface area contributed by atoms with Crippen LogP contribution in [0.5, 0.6) is 11.5 Å². The highest BCUT2D eigenvalue weighted by Crippen LogP contribution is 2.28. The summed E-state index contributed by atoms with van der Waals surface area (Å²) in [4.78, 5) is 36.5. The van der Waals surface area contributed by atoms with Crippen molar-refractivity contribution in [1.82, 2.24) is 4.90 Å². The standard InChI is InChI=1S/C20H21FN2O6/c1-23(10-13-3-6-15(21)7-4-13)19(25)12-29-20(26)14-5-8-16(17(9-14)27-2)28-11-18(22)24/h3-9H,10-12H2,1-2H3,(H2,22,24). The molecule has 0 heterocycles. The van der Waals surface area contributed by atoms with Gasteiger partial charge in [-0.15, -0.1) is 0 Å². The maximum Gasteiger partial charge on any atom is 0.338 e. The fourth-order valence-corrected chi connectivity index (χ4v) is 2.34. The lowest BCUT2D eigenvalue weighted by atomic mass is 10.2. The molecular weight excluding hydrogens is 383 g/mol. The van der Waals surface area contributed by atoms with E-state index in [9.17, 15) is 18.8 Å². The van der Waals surface area contributed by atoms with E-state index in [4.69, 9.17) is 19.9 Å². The molecule has 0 unspecified atom stereocenters. The van der Waals surface area contributed by atoms with Crippen LogP contribution in [0, 0.1) is 5.82 Å². The zero-order chi connectivity index (χ0) is 21.4. The van der Waals surface area contributed by atoms with Crippen molar-refractivity contribution in [3.63, 3.8) is 0 Å². The second-order valence-electron chi connectivity index (χ2n) is 6.07. The first-order valence-corrected chi connectivity index (χ1v) is 8.55. The Morgan fingerprint density at radius 3 is 2.34 bits per heavy atom. The van der Waals surface area contributed by atoms with Gasteiger partial charge in [-0.1, -0.05) is 12.1 Å². The molecule has 154 valence electrons. The minimum Gasteiger partial charge on any atom is -0.493 e. The van der Waals surface area contributed by atoms with Crippen molar-refractivity contribution in [3.8, 4) is 11.5 Å². The zero-order valence-electron chi connectivity index (χ0n) is 16.0. The Kier molecular flexibility index (Phi) is 7.53. The van der Waals surface area contributed by atoms with Crippen LogP contribution in [0.15, 0.2) is 42.5 Å². The maximum absolute atomic E-state index is 12.9. The number of esters is 1. The number of nitrogens with two attached hydrogens (primary N) is 1. The van der Waals surface area contributed by atoms with Gasteiger partial charge in [0, 0.05) is 13.6 Å². The van der Waals surface area contributed by atoms with Crippen molar-refractivity contribution in [2.24, 2.45) is 5.73 Å². The molecule has 2 aromatic carbocycles. The molecule has 0 aliphatic rings. The van der Waals surface area contributed by atoms with E-state index in [2.05, 4.69) is 0 Å². The Labute approximate surface area is 166 Å². The summed E-state index contributed by atoms with van der Waals surface area (Å²) in [6, 6.07) is 9.95. The summed E-state index contributed by atoms with van der Waals surface area (Å²) in [7, 11) is 2.92. The number of primary amides is 1. The van der Waals surface area contributed by atoms with Crippen LogP contribution in [0.4, 0.5) is 4.39 Å². The molecule has 2 amide bonds. The molecule has 0 aliphatic heterocycles. The van der Waals surface area contributed by atoms with Crippen LogP contribution in [0.25, 0.3) is 0 Å². The van der Waals surface area contributed by atoms with E-state index in [1.54, 1.807) is 19.2 Å². The number of benzene rings is 2. The summed E-state index contributed by atoms with van der Waals surface area (Å²) in [5, 5.41) is 0. The van der Waals surface area contributed by atoms with Gasteiger partial charge in [-0.3, -0.25) is 9.59 Å². The van der Waals surface area contributed by atoms with Gasteiger partial charge in [0.25, 0.3) is 11.8 Å². The van der Waals surface area contributed by atoms with Crippen LogP contribution in [0.2, 0.25) is 0 Å². The number of rotatable bonds is 9. The summed E-state index contributed by atoms with van der Waals surface area (Å²) >= 11 is 0. The number of halogens is 1. The average molecular weight is 404 g/mol. The normalized spacial score (nSPS) is 10.2. The molecule has 0 spiro atoms. The van der Waals surface area contributed by atoms with Gasteiger partial charge in [-0.05, 0) is 35.9 Å². The molecule has 29 heavy (non-hydrogen) atoms. The number of nitrogens with zero attached hydrogens (tertiary/aromatic N) is 1. The monoisotopic (exact) mass is 404 g/mol. The fourth-order valence-electron chi connectivity index (χ4n) is 2.34. The number of likely N-dealkylation sites (N-methyl/N-ethyl adjacent to an activating group) is 1. The Bertz CT molecular complexity index is 885. The van der Waals surface area contributed by atoms with Crippen LogP contribution in [-0.4, -0.2) is 50.1 Å². The van der Waals surface area contributed by atoms with Crippen molar-refractivity contribution in [1.29, 1.82) is 0 Å². The van der Waals surface area contributed by atoms with Gasteiger partial charge < -0.3 is 24.8 Å². The van der Waals surface area contributed by atoms with Gasteiger partial charge in [0.2, 0.25) is 0 Å². The molecule has 2 N–H and O–H groups in total. The molecule has 0 atom stereocenters. The SMILES string of the molecule is COc1cc(C(=O)OCC(=O)N(C)Cc2ccc(F)cc2)ccc1OCC(N)=O. The second-order valence-corrected chi connectivity index (χ2v) is 6.07. The minimum absolute atomic E-state index is 0.141. The maximum atomic E-state index is 12.9. The summed E-state index contributed by atoms with van der Waals surface area (Å²) in [5.74, 6) is -1.72. The molecule has 0 saturated carbocycles. The highest BCUT2D eigenvalue weighted by atomic mass is 19.1. The first-order valence-electron chi connectivity index (χ1n) is 8.55. The molecular formula is C20H21FN2O6. The number of ether oxygens (including phenoxy) is 3. The van der Waals surface area contributed by atoms with E-state index in [0.717, 1.165) is 5.56 Å². The lowest BCUT2D eigenvalue weighted by Crippen LogP contribution is -2.30. The largest absolute Gasteiger partial charge is 0.493 e. The summed E-state index contributed by atoms with van der Waals surface area (Å²) in [6.45, 7) is -0.551. The van der Waals surface area contributed by atoms with Gasteiger partial charge in [-0.25, -0.2) is 9.18 Å². The third kappa shape index (κ3) is 6.49. The van der Waals surface area contributed by atoms with Crippen LogP contribution >= 0.6 is 0 Å². The summed E-state index contributed by atoms with van der Waals surface area (Å²) < 4.78 is 28.3. The first kappa shape index (κ1) is 21.7. The number of carbonyl (C=O) groups is 3. The Morgan fingerprint density at radius 2 is 1.72 bits per heavy atom. The van der Waals surface area contributed by atoms with E-state index >= 15 is 0 Å². The molecule has 2 rings (SSSR count). The lowest BCUT2D eigenvalue weighted by Gasteiger charge is -2.17. The molecule has 0 aliphatic carbocycles. The molecule has 0 saturated heterocycles. The third-order valence-corrected chi connectivity index (χ3v) is 3.85. The fraction of sp³-hybridized carbons (Fsp3) is 0.250. The highest BCUT2D eigenvalue weighted by molar-refractivity contribution is 5.92. The van der Waals surface area contributed by atoms with Gasteiger partial charge in [0.1, 0.15) is 5.82 Å². The second kappa shape index (κ2) is 10.1. The van der Waals surface area contributed by atoms with Crippen LogP contribution in [0.3, 0.4) is 0 Å². The van der Waals surface area contributed by atoms with E-state index in [1.807, 2.05) is 0 Å². The van der Waals surface area contributed by atoms with Crippen molar-refractivity contribution >= 4 is 17.8 Å². The number of methoxy groups -OCH3 is 1. The number of carbonyl (C=O) groups excluding carboxylic acids is 3. The van der Waals surface area contributed by atoms with E-state index < -0.39 is 24.4 Å². The topological polar surface area (TPSA) is 108 Å². The quantitative estimate of drug-likeness (QED) is 0.635. The van der Waals surface area contributed by atoms with Gasteiger partial charge in [0.15, 0.2) is 24.7 Å². The molecule has 0 radical (unpaired) electrons. The van der Waals surface area contributed by atoms with Crippen molar-refractivity contribution < 1.29 is 33.0 Å². The molecule has 0 fully saturated rings. The van der Waals surface area contributed by atoms with Crippen molar-refractivity contribution in [2.45, 2.75) is 6.54 Å². The Morgan fingerprint density at radius 1 is 1.03 bits per heavy atom. The van der Waals surface area contributed by atoms with Crippen LogP contribution in [-0.2, 0) is 20.9 Å². The molecule has 0 bridgehead atoms. The smallest absolute Gasteiger partial charge is 0.338 e. The van der Waals surface area contributed by atoms with E-state index in [-0.39, 0.29) is 36.0 Å². The zero-order valence-corrected chi connectivity index (χ0v) is 16.0. The average Bonchev–Trinajstić information content (AvgIpc) is 2.71. The first-order chi connectivity index (χ1) is 13.8. The summed E-state index contributed by atoms with van der Waals surface area (Å²) in [5.41, 5.74) is 5.91. The highest BCUT2D eigenvalue weighted by Gasteiger charge is 2.16. The van der Waals surface area contributed by atoms with E-state index in [0.29, 0.717) is 0 Å². The van der Waals surface area contributed by atoms with Crippen LogP contribution in [0.1, 0.15) is 15.9 Å². The molecule has 2 aromatic rings. The Hall–Kier alpha value is -3.62. The Balaban J connectivity index is 1.92. The van der Waals surface area contributed by atoms with Gasteiger partial charge in [-0.2, -0.15) is 0 Å². The predicted molar refractivity (Wildman–Crippen MR) is 101 cm³/mol. The number of hydrogen-bond acceptors (Lipinski definition) is 6. The third-order valence-electron chi connectivity index (χ3n) is 3.85. The van der Waals surface area contributed by atoms with Crippen molar-refractivity contribution in [2.75, 3.05) is 27.4 Å².